The molecule has 8 nitrogen and oxygen atoms in total. The fourth-order valence-electron chi connectivity index (χ4n) is 0.635. The molecule has 0 bridgehead atoms. The highest BCUT2D eigenvalue weighted by molar-refractivity contribution is 5.92. The molecule has 62 valence electrons. The number of rotatable bonds is 1. The number of aryl methyl sites for hydroxylation is 1. The largest absolute Gasteiger partial charge is 0.359 e. The molecule has 0 fully saturated rings. The number of azide groups is 1. The Labute approximate surface area is 65.6 Å². The summed E-state index contributed by atoms with van der Waals surface area (Å²) in [7, 11) is 0. The SMILES string of the molecule is Cc1no[n+]([O-])c1C(=O)N=[N+]=[N-]. The molecule has 0 N–H and O–H groups in total. The van der Waals surface area contributed by atoms with E-state index in [-0.39, 0.29) is 10.6 Å². The third-order valence-corrected chi connectivity index (χ3v) is 1.12. The van der Waals surface area contributed by atoms with E-state index in [2.05, 4.69) is 19.8 Å². The number of carbonyl (C=O) groups excluding carboxylic acids is 1. The number of carbonyl (C=O) groups is 1. The van der Waals surface area contributed by atoms with E-state index in [1.165, 1.54) is 6.92 Å². The molecule has 0 unspecified atom stereocenters. The minimum absolute atomic E-state index is 0.0856. The van der Waals surface area contributed by atoms with Crippen molar-refractivity contribution in [3.05, 3.63) is 27.0 Å². The summed E-state index contributed by atoms with van der Waals surface area (Å²) in [5.74, 6) is -1.01. The zero-order valence-electron chi connectivity index (χ0n) is 5.96. The Hall–Kier alpha value is -2.08. The molecule has 0 aliphatic rings. The van der Waals surface area contributed by atoms with Crippen LogP contribution < -0.4 is 4.90 Å². The highest BCUT2D eigenvalue weighted by atomic mass is 16.8. The smallest absolute Gasteiger partial charge is 0.296 e. The maximum Gasteiger partial charge on any atom is 0.296 e. The van der Waals surface area contributed by atoms with Crippen molar-refractivity contribution in [1.82, 2.24) is 5.16 Å². The molecule has 0 atom stereocenters. The Morgan fingerprint density at radius 1 is 1.92 bits per heavy atom. The molecule has 0 aliphatic heterocycles. The van der Waals surface area contributed by atoms with Crippen LogP contribution in [0.25, 0.3) is 10.4 Å². The maximum absolute atomic E-state index is 10.8. The minimum atomic E-state index is -1.01. The van der Waals surface area contributed by atoms with Crippen molar-refractivity contribution in [1.29, 1.82) is 0 Å². The van der Waals surface area contributed by atoms with Gasteiger partial charge in [-0.2, -0.15) is 0 Å². The van der Waals surface area contributed by atoms with Crippen LogP contribution in [-0.2, 0) is 0 Å². The topological polar surface area (TPSA) is 119 Å². The molecule has 1 aromatic rings. The average Bonchev–Trinajstić information content (AvgIpc) is 2.32. The predicted octanol–water partition coefficient (Wildman–Crippen LogP) is 0.0669. The molecular weight excluding hydrogens is 166 g/mol. The molecule has 0 saturated carbocycles. The van der Waals surface area contributed by atoms with E-state index in [0.29, 0.717) is 0 Å². The van der Waals surface area contributed by atoms with Crippen molar-refractivity contribution in [3.63, 3.8) is 0 Å². The summed E-state index contributed by atoms with van der Waals surface area (Å²) in [6.45, 7) is 1.39. The van der Waals surface area contributed by atoms with Crippen molar-refractivity contribution in [2.24, 2.45) is 5.11 Å². The van der Waals surface area contributed by atoms with E-state index in [4.69, 9.17) is 5.53 Å². The normalized spacial score (nSPS) is 9.08. The van der Waals surface area contributed by atoms with Crippen LogP contribution in [0, 0.1) is 12.1 Å². The average molecular weight is 169 g/mol. The second kappa shape index (κ2) is 2.89. The van der Waals surface area contributed by atoms with Gasteiger partial charge < -0.3 is 5.21 Å². The molecule has 0 radical (unpaired) electrons. The molecule has 0 saturated heterocycles. The van der Waals surface area contributed by atoms with Gasteiger partial charge in [0.15, 0.2) is 0 Å². The third-order valence-electron chi connectivity index (χ3n) is 1.12. The highest BCUT2D eigenvalue weighted by Gasteiger charge is 2.21. The van der Waals surface area contributed by atoms with Gasteiger partial charge in [-0.3, -0.25) is 9.42 Å². The van der Waals surface area contributed by atoms with Gasteiger partial charge in [-0.15, -0.1) is 0 Å². The van der Waals surface area contributed by atoms with Gasteiger partial charge in [0.05, 0.1) is 0 Å². The van der Waals surface area contributed by atoms with Gasteiger partial charge in [0.25, 0.3) is 11.6 Å². The number of aromatic nitrogens is 2. The zero-order valence-corrected chi connectivity index (χ0v) is 5.96. The van der Waals surface area contributed by atoms with Crippen LogP contribution in [-0.4, -0.2) is 11.1 Å². The second-order valence-corrected chi connectivity index (χ2v) is 1.86. The van der Waals surface area contributed by atoms with Crippen molar-refractivity contribution >= 4 is 5.91 Å². The van der Waals surface area contributed by atoms with Crippen molar-refractivity contribution in [2.75, 3.05) is 0 Å². The summed E-state index contributed by atoms with van der Waals surface area (Å²) >= 11 is 0. The molecular formula is C4H3N5O3. The van der Waals surface area contributed by atoms with Gasteiger partial charge in [0.2, 0.25) is 5.69 Å². The molecule has 1 amide bonds. The van der Waals surface area contributed by atoms with E-state index < -0.39 is 11.6 Å². The first-order valence-corrected chi connectivity index (χ1v) is 2.82. The quantitative estimate of drug-likeness (QED) is 0.255. The number of hydrogen-bond acceptors (Lipinski definition) is 4. The Balaban J connectivity index is 3.17. The van der Waals surface area contributed by atoms with E-state index >= 15 is 0 Å². The summed E-state index contributed by atoms with van der Waals surface area (Å²) in [5.41, 5.74) is 7.58. The molecule has 0 aliphatic carbocycles. The summed E-state index contributed by atoms with van der Waals surface area (Å²) in [6, 6.07) is 0. The molecule has 0 spiro atoms. The molecule has 8 heteroatoms. The van der Waals surface area contributed by atoms with E-state index in [0.717, 1.165) is 0 Å². The predicted molar refractivity (Wildman–Crippen MR) is 33.7 cm³/mol. The summed E-state index contributed by atoms with van der Waals surface area (Å²) in [6.07, 6.45) is 0. The monoisotopic (exact) mass is 169 g/mol. The molecule has 12 heavy (non-hydrogen) atoms. The van der Waals surface area contributed by atoms with Gasteiger partial charge in [-0.05, 0) is 15.5 Å². The van der Waals surface area contributed by atoms with Crippen LogP contribution >= 0.6 is 0 Å². The molecule has 1 aromatic heterocycles. The lowest BCUT2D eigenvalue weighted by atomic mass is 10.3. The summed E-state index contributed by atoms with van der Waals surface area (Å²) in [4.78, 5) is 12.9. The first-order chi connectivity index (χ1) is 5.66. The Morgan fingerprint density at radius 3 is 3.00 bits per heavy atom. The van der Waals surface area contributed by atoms with Gasteiger partial charge >= 0.3 is 0 Å². The first kappa shape index (κ1) is 8.02. The van der Waals surface area contributed by atoms with Crippen LogP contribution in [0.3, 0.4) is 0 Å². The van der Waals surface area contributed by atoms with Crippen LogP contribution in [0.1, 0.15) is 16.2 Å². The Bertz CT molecular complexity index is 343. The fourth-order valence-corrected chi connectivity index (χ4v) is 0.635. The third kappa shape index (κ3) is 1.18. The van der Waals surface area contributed by atoms with Crippen molar-refractivity contribution in [3.8, 4) is 0 Å². The van der Waals surface area contributed by atoms with Gasteiger partial charge in [-0.25, -0.2) is 0 Å². The molecule has 1 heterocycles. The lowest BCUT2D eigenvalue weighted by molar-refractivity contribution is -0.803. The van der Waals surface area contributed by atoms with Gasteiger partial charge in [-0.1, -0.05) is 0 Å². The number of hydrogen-bond donors (Lipinski definition) is 0. The standard InChI is InChI=1S/C4H3N5O3/c1-2-3(4(10)6-8-5)9(11)12-7-2/h1H3. The van der Waals surface area contributed by atoms with E-state index in [1.807, 2.05) is 0 Å². The van der Waals surface area contributed by atoms with Gasteiger partial charge in [0.1, 0.15) is 0 Å². The van der Waals surface area contributed by atoms with E-state index in [9.17, 15) is 10.0 Å². The van der Waals surface area contributed by atoms with Gasteiger partial charge in [0, 0.05) is 17.0 Å². The van der Waals surface area contributed by atoms with Crippen LogP contribution in [0.15, 0.2) is 9.74 Å². The van der Waals surface area contributed by atoms with Crippen molar-refractivity contribution in [2.45, 2.75) is 6.92 Å². The van der Waals surface area contributed by atoms with Crippen LogP contribution in [0.4, 0.5) is 0 Å². The summed E-state index contributed by atoms with van der Waals surface area (Å²) < 4.78 is 4.07. The Morgan fingerprint density at radius 2 is 2.58 bits per heavy atom. The minimum Gasteiger partial charge on any atom is -0.359 e. The fraction of sp³-hybridized carbons (Fsp3) is 0.250. The second-order valence-electron chi connectivity index (χ2n) is 1.86. The number of nitrogens with zero attached hydrogens (tertiary/aromatic N) is 5. The highest BCUT2D eigenvalue weighted by Crippen LogP contribution is 2.00. The van der Waals surface area contributed by atoms with Crippen molar-refractivity contribution < 1.29 is 14.3 Å². The first-order valence-electron chi connectivity index (χ1n) is 2.82. The number of amides is 1. The molecule has 0 aromatic carbocycles. The Kier molecular flexibility index (Phi) is 1.93. The van der Waals surface area contributed by atoms with Crippen LogP contribution in [0.2, 0.25) is 0 Å². The van der Waals surface area contributed by atoms with E-state index in [1.54, 1.807) is 0 Å². The van der Waals surface area contributed by atoms with Crippen LogP contribution in [0.5, 0.6) is 0 Å². The molecule has 1 rings (SSSR count). The lowest BCUT2D eigenvalue weighted by Gasteiger charge is -1.87. The zero-order chi connectivity index (χ0) is 9.14. The maximum atomic E-state index is 10.8. The lowest BCUT2D eigenvalue weighted by Crippen LogP contribution is -2.30. The summed E-state index contributed by atoms with van der Waals surface area (Å²) in [5, 5.41) is 16.5.